The van der Waals surface area contributed by atoms with Gasteiger partial charge in [-0.25, -0.2) is 0 Å². The van der Waals surface area contributed by atoms with Crippen molar-refractivity contribution < 1.29 is 16.8 Å². The summed E-state index contributed by atoms with van der Waals surface area (Å²) in [7, 11) is 0. The summed E-state index contributed by atoms with van der Waals surface area (Å²) >= 11 is 0. The molecule has 1 heterocycles. The van der Waals surface area contributed by atoms with Gasteiger partial charge in [-0.3, -0.25) is 0 Å². The molecule has 0 amide bonds. The second kappa shape index (κ2) is 11.1. The van der Waals surface area contributed by atoms with E-state index in [4.69, 9.17) is 15.4 Å². The molecule has 0 radical (unpaired) electrons. The molecule has 0 fully saturated rings. The smallest absolute Gasteiger partial charge is 0.136 e. The first-order chi connectivity index (χ1) is 28.0. The first kappa shape index (κ1) is 20.0. The Balaban J connectivity index is 1.27. The zero-order chi connectivity index (χ0) is 40.1. The predicted octanol–water partition coefficient (Wildman–Crippen LogP) is 13.7. The molecule has 0 aliphatic heterocycles. The van der Waals surface area contributed by atoms with E-state index >= 15 is 0 Å². The van der Waals surface area contributed by atoms with Crippen molar-refractivity contribution in [1.29, 1.82) is 0 Å². The summed E-state index contributed by atoms with van der Waals surface area (Å²) in [5.41, 5.74) is 5.53. The molecule has 1 nitrogen and oxygen atoms in total. The van der Waals surface area contributed by atoms with Crippen LogP contribution in [0.5, 0.6) is 0 Å². The van der Waals surface area contributed by atoms with E-state index in [1.165, 1.54) is 0 Å². The lowest BCUT2D eigenvalue weighted by atomic mass is 9.83. The Labute approximate surface area is 297 Å². The maximum Gasteiger partial charge on any atom is 0.136 e. The van der Waals surface area contributed by atoms with Crippen LogP contribution >= 0.6 is 0 Å². The highest BCUT2D eigenvalue weighted by Crippen LogP contribution is 2.47. The van der Waals surface area contributed by atoms with Crippen molar-refractivity contribution in [2.75, 3.05) is 0 Å². The molecule has 1 heteroatoms. The van der Waals surface area contributed by atoms with Gasteiger partial charge in [0.05, 0.1) is 12.3 Å². The summed E-state index contributed by atoms with van der Waals surface area (Å²) in [5, 5.41) is 7.24. The van der Waals surface area contributed by atoms with Gasteiger partial charge in [-0.2, -0.15) is 0 Å². The summed E-state index contributed by atoms with van der Waals surface area (Å²) in [6.07, 6.45) is 0. The fourth-order valence-electron chi connectivity index (χ4n) is 7.37. The van der Waals surface area contributed by atoms with Crippen LogP contribution in [-0.4, -0.2) is 0 Å². The minimum absolute atomic E-state index is 0.0586. The maximum atomic E-state index is 9.35. The number of hydrogen-bond donors (Lipinski definition) is 0. The predicted molar refractivity (Wildman–Crippen MR) is 208 cm³/mol. The molecule has 0 atom stereocenters. The lowest BCUT2D eigenvalue weighted by Crippen LogP contribution is -1.93. The third kappa shape index (κ3) is 4.40. The van der Waals surface area contributed by atoms with E-state index in [0.717, 1.165) is 65.7 Å². The van der Waals surface area contributed by atoms with Crippen LogP contribution in [0.25, 0.3) is 98.8 Å². The molecular formula is C48H30O. The van der Waals surface area contributed by atoms with Gasteiger partial charge in [0.25, 0.3) is 0 Å². The van der Waals surface area contributed by atoms with E-state index < -0.39 is 48.3 Å². The number of benzene rings is 9. The van der Waals surface area contributed by atoms with Crippen LogP contribution in [0.15, 0.2) is 186 Å². The number of furan rings is 1. The fourth-order valence-corrected chi connectivity index (χ4v) is 7.37. The average molecular weight is 632 g/mol. The summed E-state index contributed by atoms with van der Waals surface area (Å²) in [6, 6.07) is 37.5. The number of hydrogen-bond acceptors (Lipinski definition) is 1. The minimum atomic E-state index is -0.591. The van der Waals surface area contributed by atoms with Crippen molar-refractivity contribution in [3.63, 3.8) is 0 Å². The molecule has 0 saturated carbocycles. The zero-order valence-corrected chi connectivity index (χ0v) is 26.0. The van der Waals surface area contributed by atoms with Gasteiger partial charge in [0, 0.05) is 10.8 Å². The molecule has 0 aliphatic carbocycles. The van der Waals surface area contributed by atoms with Crippen molar-refractivity contribution in [2.24, 2.45) is 0 Å². The highest BCUT2D eigenvalue weighted by atomic mass is 16.3. The molecule has 0 bridgehead atoms. The lowest BCUT2D eigenvalue weighted by Gasteiger charge is -2.20. The van der Waals surface area contributed by atoms with Crippen LogP contribution in [0.2, 0.25) is 0 Å². The monoisotopic (exact) mass is 631 g/mol. The van der Waals surface area contributed by atoms with Gasteiger partial charge >= 0.3 is 0 Å². The third-order valence-corrected chi connectivity index (χ3v) is 9.44. The van der Waals surface area contributed by atoms with Gasteiger partial charge in [0.15, 0.2) is 0 Å². The third-order valence-electron chi connectivity index (χ3n) is 9.44. The Morgan fingerprint density at radius 1 is 0.367 bits per heavy atom. The quantitative estimate of drug-likeness (QED) is 0.176. The van der Waals surface area contributed by atoms with E-state index in [1.54, 1.807) is 0 Å². The fraction of sp³-hybridized carbons (Fsp3) is 0. The van der Waals surface area contributed by atoms with E-state index in [9.17, 15) is 1.37 Å². The Bertz CT molecular complexity index is 3320. The van der Waals surface area contributed by atoms with Crippen molar-refractivity contribution in [3.05, 3.63) is 182 Å². The molecule has 10 aromatic rings. The summed E-state index contributed by atoms with van der Waals surface area (Å²) < 4.78 is 85.2. The highest BCUT2D eigenvalue weighted by Gasteiger charge is 2.20. The number of fused-ring (bicyclic) bond motifs is 6. The summed E-state index contributed by atoms with van der Waals surface area (Å²) in [4.78, 5) is 0. The van der Waals surface area contributed by atoms with Crippen molar-refractivity contribution in [1.82, 2.24) is 0 Å². The largest absolute Gasteiger partial charge is 0.456 e. The van der Waals surface area contributed by atoms with Crippen LogP contribution in [-0.2, 0) is 0 Å². The van der Waals surface area contributed by atoms with Crippen molar-refractivity contribution in [3.8, 4) is 44.5 Å². The molecule has 0 saturated heterocycles. The van der Waals surface area contributed by atoms with Gasteiger partial charge in [-0.1, -0.05) is 158 Å². The standard InChI is InChI=1S/C48H30O/c1-2-14-31(15-3-1)36-20-6-7-21-38(36)47-41-24-10-8-22-39(41)46(40-23-9-11-25-42(40)47)35-19-12-18-34(28-35)37-26-13-27-44-48(37)43-29-32-16-4-5-17-33(32)30-45(43)49-44/h1-30H/i1D,2D,3D,6D,7D,14D,15D,20D,21D. The van der Waals surface area contributed by atoms with Gasteiger partial charge in [-0.05, 0) is 101 Å². The van der Waals surface area contributed by atoms with Crippen LogP contribution in [0.4, 0.5) is 0 Å². The van der Waals surface area contributed by atoms with Crippen LogP contribution in [0, 0.1) is 0 Å². The van der Waals surface area contributed by atoms with Crippen molar-refractivity contribution >= 4 is 54.3 Å². The van der Waals surface area contributed by atoms with Crippen LogP contribution in [0.1, 0.15) is 12.3 Å². The highest BCUT2D eigenvalue weighted by molar-refractivity contribution is 6.23. The topological polar surface area (TPSA) is 13.1 Å². The molecule has 0 unspecified atom stereocenters. The summed E-state index contributed by atoms with van der Waals surface area (Å²) in [6.45, 7) is 0. The Morgan fingerprint density at radius 3 is 1.69 bits per heavy atom. The molecule has 0 aliphatic rings. The Hall–Kier alpha value is -6.44. The zero-order valence-electron chi connectivity index (χ0n) is 35.0. The van der Waals surface area contributed by atoms with E-state index in [1.807, 2.05) is 78.9 Å². The molecule has 1 aromatic heterocycles. The molecule has 0 N–H and O–H groups in total. The second-order valence-corrected chi connectivity index (χ2v) is 12.1. The first-order valence-electron chi connectivity index (χ1n) is 20.6. The van der Waals surface area contributed by atoms with E-state index in [-0.39, 0.29) is 22.7 Å². The van der Waals surface area contributed by atoms with Crippen molar-refractivity contribution in [2.45, 2.75) is 0 Å². The van der Waals surface area contributed by atoms with E-state index in [0.29, 0.717) is 16.3 Å². The van der Waals surface area contributed by atoms with E-state index in [2.05, 4.69) is 48.5 Å². The Morgan fingerprint density at radius 2 is 0.959 bits per heavy atom. The van der Waals surface area contributed by atoms with Crippen LogP contribution < -0.4 is 0 Å². The van der Waals surface area contributed by atoms with Gasteiger partial charge in [-0.15, -0.1) is 0 Å². The molecule has 10 rings (SSSR count). The molecular weight excluding hydrogens is 593 g/mol. The molecule has 49 heavy (non-hydrogen) atoms. The average Bonchev–Trinajstić information content (AvgIpc) is 3.62. The maximum absolute atomic E-state index is 9.35. The van der Waals surface area contributed by atoms with Gasteiger partial charge in [0.1, 0.15) is 11.2 Å². The Kier molecular flexibility index (Phi) is 4.53. The second-order valence-electron chi connectivity index (χ2n) is 12.1. The SMILES string of the molecule is [2H]c1c([2H])c([2H])c(-c2c([2H])c([2H])c([2H])c([2H])c2-c2c3ccccc3c(-c3cccc(-c4cccc5oc6cc7ccccc7cc6c45)c3)c3ccccc23)c([2H])c1[2H]. The first-order valence-corrected chi connectivity index (χ1v) is 16.1. The summed E-state index contributed by atoms with van der Waals surface area (Å²) in [5.74, 6) is 0. The normalized spacial score (nSPS) is 14.2. The number of rotatable bonds is 4. The minimum Gasteiger partial charge on any atom is -0.456 e. The molecule has 228 valence electrons. The van der Waals surface area contributed by atoms with Gasteiger partial charge in [0.2, 0.25) is 0 Å². The van der Waals surface area contributed by atoms with Gasteiger partial charge < -0.3 is 4.42 Å². The molecule has 9 aromatic carbocycles. The lowest BCUT2D eigenvalue weighted by molar-refractivity contribution is 0.669. The molecule has 0 spiro atoms. The van der Waals surface area contributed by atoms with Crippen LogP contribution in [0.3, 0.4) is 0 Å².